The lowest BCUT2D eigenvalue weighted by molar-refractivity contribution is 0.608. The van der Waals surface area contributed by atoms with Crippen molar-refractivity contribution < 1.29 is 0 Å². The number of anilines is 2. The predicted octanol–water partition coefficient (Wildman–Crippen LogP) is 3.81. The first-order chi connectivity index (χ1) is 7.66. The third kappa shape index (κ3) is 2.55. The van der Waals surface area contributed by atoms with Crippen LogP contribution in [-0.2, 0) is 0 Å². The second kappa shape index (κ2) is 4.86. The molecule has 0 spiro atoms. The first-order valence-corrected chi connectivity index (χ1v) is 6.30. The van der Waals surface area contributed by atoms with Crippen LogP contribution < -0.4 is 5.32 Å². The summed E-state index contributed by atoms with van der Waals surface area (Å²) in [7, 11) is 0. The quantitative estimate of drug-likeness (QED) is 0.869. The average molecular weight is 327 g/mol. The smallest absolute Gasteiger partial charge is 0.207 e. The molecule has 2 aromatic rings. The molecule has 1 aromatic heterocycles. The minimum Gasteiger partial charge on any atom is -0.326 e. The van der Waals surface area contributed by atoms with Crippen LogP contribution in [-0.4, -0.2) is 9.55 Å². The van der Waals surface area contributed by atoms with Crippen molar-refractivity contribution in [2.75, 3.05) is 5.32 Å². The van der Waals surface area contributed by atoms with Crippen LogP contribution in [0.4, 0.5) is 11.6 Å². The number of rotatable bonds is 3. The summed E-state index contributed by atoms with van der Waals surface area (Å²) in [5.41, 5.74) is 1.07. The molecule has 0 radical (unpaired) electrons. The van der Waals surface area contributed by atoms with Gasteiger partial charge in [0.05, 0.1) is 0 Å². The van der Waals surface area contributed by atoms with Crippen LogP contribution in [0.5, 0.6) is 0 Å². The van der Waals surface area contributed by atoms with Crippen LogP contribution in [0.1, 0.15) is 19.9 Å². The average Bonchev–Trinajstić information content (AvgIpc) is 2.66. The van der Waals surface area contributed by atoms with Crippen molar-refractivity contribution in [2.24, 2.45) is 0 Å². The summed E-state index contributed by atoms with van der Waals surface area (Å²) < 4.78 is 3.32. The number of aromatic nitrogens is 2. The van der Waals surface area contributed by atoms with Crippen LogP contribution in [0, 0.1) is 3.57 Å². The van der Waals surface area contributed by atoms with E-state index in [9.17, 15) is 0 Å². The molecule has 1 N–H and O–H groups in total. The van der Waals surface area contributed by atoms with Crippen molar-refractivity contribution in [1.82, 2.24) is 9.55 Å². The Hall–Kier alpha value is -1.04. The lowest BCUT2D eigenvalue weighted by Crippen LogP contribution is -2.05. The molecule has 2 rings (SSSR count). The molecule has 0 aliphatic heterocycles. The molecule has 0 bridgehead atoms. The minimum absolute atomic E-state index is 0.410. The fraction of sp³-hybridized carbons (Fsp3) is 0.250. The molecule has 0 saturated carbocycles. The monoisotopic (exact) mass is 327 g/mol. The summed E-state index contributed by atoms with van der Waals surface area (Å²) in [4.78, 5) is 4.31. The summed E-state index contributed by atoms with van der Waals surface area (Å²) in [5, 5.41) is 3.32. The maximum absolute atomic E-state index is 4.31. The third-order valence-electron chi connectivity index (χ3n) is 2.31. The van der Waals surface area contributed by atoms with Gasteiger partial charge in [-0.05, 0) is 54.6 Å². The molecule has 0 amide bonds. The Morgan fingerprint density at radius 1 is 1.38 bits per heavy atom. The van der Waals surface area contributed by atoms with E-state index < -0.39 is 0 Å². The second-order valence-corrected chi connectivity index (χ2v) is 5.13. The Morgan fingerprint density at radius 3 is 2.88 bits per heavy atom. The van der Waals surface area contributed by atoms with Gasteiger partial charge in [0.15, 0.2) is 0 Å². The highest BCUT2D eigenvalue weighted by Gasteiger charge is 2.05. The number of imidazole rings is 1. The summed E-state index contributed by atoms with van der Waals surface area (Å²) in [5.74, 6) is 0.886. The number of hydrogen-bond acceptors (Lipinski definition) is 2. The van der Waals surface area contributed by atoms with Crippen molar-refractivity contribution in [1.29, 1.82) is 0 Å². The highest BCUT2D eigenvalue weighted by Crippen LogP contribution is 2.19. The van der Waals surface area contributed by atoms with E-state index >= 15 is 0 Å². The van der Waals surface area contributed by atoms with Crippen LogP contribution in [0.25, 0.3) is 0 Å². The van der Waals surface area contributed by atoms with E-state index in [-0.39, 0.29) is 0 Å². The third-order valence-corrected chi connectivity index (χ3v) is 2.98. The van der Waals surface area contributed by atoms with Gasteiger partial charge in [-0.2, -0.15) is 0 Å². The minimum atomic E-state index is 0.410. The van der Waals surface area contributed by atoms with Crippen molar-refractivity contribution in [3.63, 3.8) is 0 Å². The SMILES string of the molecule is CC(C)n1ccnc1Nc1cccc(I)c1. The molecule has 4 heteroatoms. The Labute approximate surface area is 109 Å². The zero-order valence-corrected chi connectivity index (χ0v) is 11.5. The van der Waals surface area contributed by atoms with Gasteiger partial charge < -0.3 is 9.88 Å². The zero-order valence-electron chi connectivity index (χ0n) is 9.31. The molecule has 0 atom stereocenters. The summed E-state index contributed by atoms with van der Waals surface area (Å²) in [6, 6.07) is 8.65. The molecule has 16 heavy (non-hydrogen) atoms. The topological polar surface area (TPSA) is 29.9 Å². The molecule has 0 aliphatic rings. The molecule has 0 fully saturated rings. The highest BCUT2D eigenvalue weighted by atomic mass is 127. The maximum Gasteiger partial charge on any atom is 0.207 e. The fourth-order valence-corrected chi connectivity index (χ4v) is 2.06. The zero-order chi connectivity index (χ0) is 11.5. The predicted molar refractivity (Wildman–Crippen MR) is 75.1 cm³/mol. The first kappa shape index (κ1) is 11.4. The van der Waals surface area contributed by atoms with Crippen LogP contribution >= 0.6 is 22.6 Å². The summed E-state index contributed by atoms with van der Waals surface area (Å²) >= 11 is 2.30. The van der Waals surface area contributed by atoms with E-state index in [2.05, 4.69) is 63.4 Å². The molecule has 1 heterocycles. The molecule has 0 saturated heterocycles. The standard InChI is InChI=1S/C12H14IN3/c1-9(2)16-7-6-14-12(16)15-11-5-3-4-10(13)8-11/h3-9H,1-2H3,(H,14,15). The van der Waals surface area contributed by atoms with Crippen molar-refractivity contribution >= 4 is 34.2 Å². The highest BCUT2D eigenvalue weighted by molar-refractivity contribution is 14.1. The summed E-state index contributed by atoms with van der Waals surface area (Å²) in [6.07, 6.45) is 3.80. The lowest BCUT2D eigenvalue weighted by Gasteiger charge is -2.12. The summed E-state index contributed by atoms with van der Waals surface area (Å²) in [6.45, 7) is 4.28. The van der Waals surface area contributed by atoms with E-state index in [0.717, 1.165) is 11.6 Å². The Balaban J connectivity index is 2.24. The van der Waals surface area contributed by atoms with Gasteiger partial charge in [-0.15, -0.1) is 0 Å². The molecule has 84 valence electrons. The molecular weight excluding hydrogens is 313 g/mol. The van der Waals surface area contributed by atoms with E-state index in [0.29, 0.717) is 6.04 Å². The van der Waals surface area contributed by atoms with Gasteiger partial charge in [0.2, 0.25) is 5.95 Å². The molecule has 0 unspecified atom stereocenters. The molecule has 0 aliphatic carbocycles. The van der Waals surface area contributed by atoms with E-state index in [4.69, 9.17) is 0 Å². The van der Waals surface area contributed by atoms with Crippen LogP contribution in [0.15, 0.2) is 36.7 Å². The number of halogens is 1. The van der Waals surface area contributed by atoms with Gasteiger partial charge in [0.1, 0.15) is 0 Å². The van der Waals surface area contributed by atoms with Crippen LogP contribution in [0.3, 0.4) is 0 Å². The van der Waals surface area contributed by atoms with Gasteiger partial charge in [-0.1, -0.05) is 6.07 Å². The number of hydrogen-bond donors (Lipinski definition) is 1. The van der Waals surface area contributed by atoms with Gasteiger partial charge in [-0.3, -0.25) is 0 Å². The maximum atomic E-state index is 4.31. The number of nitrogens with zero attached hydrogens (tertiary/aromatic N) is 2. The first-order valence-electron chi connectivity index (χ1n) is 5.22. The van der Waals surface area contributed by atoms with Crippen molar-refractivity contribution in [3.8, 4) is 0 Å². The normalized spacial score (nSPS) is 10.8. The van der Waals surface area contributed by atoms with Gasteiger partial charge in [0.25, 0.3) is 0 Å². The van der Waals surface area contributed by atoms with Crippen molar-refractivity contribution in [3.05, 3.63) is 40.2 Å². The molecule has 1 aromatic carbocycles. The molecular formula is C12H14IN3. The number of nitrogens with one attached hydrogen (secondary N) is 1. The van der Waals surface area contributed by atoms with E-state index in [1.54, 1.807) is 0 Å². The molecule has 3 nitrogen and oxygen atoms in total. The Bertz CT molecular complexity index is 477. The Kier molecular flexibility index (Phi) is 3.48. The van der Waals surface area contributed by atoms with Gasteiger partial charge >= 0.3 is 0 Å². The number of benzene rings is 1. The Morgan fingerprint density at radius 2 is 2.19 bits per heavy atom. The lowest BCUT2D eigenvalue weighted by atomic mass is 10.3. The van der Waals surface area contributed by atoms with Gasteiger partial charge in [-0.25, -0.2) is 4.98 Å². The fourth-order valence-electron chi connectivity index (χ4n) is 1.52. The second-order valence-electron chi connectivity index (χ2n) is 3.89. The van der Waals surface area contributed by atoms with E-state index in [1.807, 2.05) is 24.5 Å². The van der Waals surface area contributed by atoms with E-state index in [1.165, 1.54) is 3.57 Å². The van der Waals surface area contributed by atoms with Crippen LogP contribution in [0.2, 0.25) is 0 Å². The van der Waals surface area contributed by atoms with Crippen molar-refractivity contribution in [2.45, 2.75) is 19.9 Å². The van der Waals surface area contributed by atoms with Gasteiger partial charge in [0, 0.05) is 27.7 Å². The largest absolute Gasteiger partial charge is 0.326 e.